The standard InChI is InChI=1S/C14H26N2O/c1-10(2)15-9-13-16-8-12(17-13)7-11(3)14(4,5)6/h8,10-11,15H,7,9H2,1-6H3. The molecule has 98 valence electrons. The molecule has 1 heterocycles. The first-order chi connectivity index (χ1) is 7.79. The average Bonchev–Trinajstić information content (AvgIpc) is 2.61. The topological polar surface area (TPSA) is 38.1 Å². The predicted molar refractivity (Wildman–Crippen MR) is 70.8 cm³/mol. The molecule has 0 aromatic carbocycles. The van der Waals surface area contributed by atoms with E-state index in [4.69, 9.17) is 4.42 Å². The van der Waals surface area contributed by atoms with Gasteiger partial charge in [0.25, 0.3) is 0 Å². The first-order valence-corrected chi connectivity index (χ1v) is 6.46. The Bertz CT molecular complexity index is 336. The first-order valence-electron chi connectivity index (χ1n) is 6.46. The van der Waals surface area contributed by atoms with Gasteiger partial charge in [0, 0.05) is 12.5 Å². The van der Waals surface area contributed by atoms with Crippen molar-refractivity contribution in [1.82, 2.24) is 10.3 Å². The van der Waals surface area contributed by atoms with Crippen LogP contribution in [0.4, 0.5) is 0 Å². The summed E-state index contributed by atoms with van der Waals surface area (Å²) in [4.78, 5) is 4.29. The molecule has 1 aromatic rings. The van der Waals surface area contributed by atoms with Gasteiger partial charge in [0.1, 0.15) is 5.76 Å². The quantitative estimate of drug-likeness (QED) is 0.854. The summed E-state index contributed by atoms with van der Waals surface area (Å²) in [6.07, 6.45) is 2.82. The van der Waals surface area contributed by atoms with Crippen LogP contribution in [0.15, 0.2) is 10.6 Å². The summed E-state index contributed by atoms with van der Waals surface area (Å²) in [5, 5.41) is 3.30. The molecule has 1 N–H and O–H groups in total. The van der Waals surface area contributed by atoms with Crippen LogP contribution in [0.2, 0.25) is 0 Å². The van der Waals surface area contributed by atoms with Crippen LogP contribution < -0.4 is 5.32 Å². The Balaban J connectivity index is 2.51. The summed E-state index contributed by atoms with van der Waals surface area (Å²) >= 11 is 0. The van der Waals surface area contributed by atoms with Gasteiger partial charge in [-0.05, 0) is 11.3 Å². The van der Waals surface area contributed by atoms with Crippen molar-refractivity contribution < 1.29 is 4.42 Å². The summed E-state index contributed by atoms with van der Waals surface area (Å²) in [5.74, 6) is 2.36. The lowest BCUT2D eigenvalue weighted by Crippen LogP contribution is -2.21. The van der Waals surface area contributed by atoms with E-state index in [0.29, 0.717) is 23.9 Å². The van der Waals surface area contributed by atoms with E-state index >= 15 is 0 Å². The van der Waals surface area contributed by atoms with Gasteiger partial charge in [0.15, 0.2) is 0 Å². The minimum Gasteiger partial charge on any atom is -0.444 e. The molecule has 0 fully saturated rings. The van der Waals surface area contributed by atoms with Gasteiger partial charge in [-0.15, -0.1) is 0 Å². The fraction of sp³-hybridized carbons (Fsp3) is 0.786. The highest BCUT2D eigenvalue weighted by atomic mass is 16.4. The van der Waals surface area contributed by atoms with Crippen LogP contribution in [-0.2, 0) is 13.0 Å². The van der Waals surface area contributed by atoms with Crippen molar-refractivity contribution in [2.24, 2.45) is 11.3 Å². The molecule has 0 bridgehead atoms. The van der Waals surface area contributed by atoms with Gasteiger partial charge in [0.05, 0.1) is 12.7 Å². The van der Waals surface area contributed by atoms with Crippen molar-refractivity contribution in [3.05, 3.63) is 17.8 Å². The fourth-order valence-corrected chi connectivity index (χ4v) is 1.42. The maximum absolute atomic E-state index is 5.73. The Morgan fingerprint density at radius 1 is 1.29 bits per heavy atom. The van der Waals surface area contributed by atoms with Crippen molar-refractivity contribution in [3.63, 3.8) is 0 Å². The third kappa shape index (κ3) is 4.90. The maximum Gasteiger partial charge on any atom is 0.208 e. The number of nitrogens with one attached hydrogen (secondary N) is 1. The number of oxazole rings is 1. The molecule has 0 amide bonds. The Morgan fingerprint density at radius 3 is 2.47 bits per heavy atom. The third-order valence-corrected chi connectivity index (χ3v) is 3.25. The number of hydrogen-bond acceptors (Lipinski definition) is 3. The summed E-state index contributed by atoms with van der Waals surface area (Å²) in [6, 6.07) is 0.457. The monoisotopic (exact) mass is 238 g/mol. The molecule has 1 unspecified atom stereocenters. The molecule has 0 saturated carbocycles. The zero-order chi connectivity index (χ0) is 13.1. The van der Waals surface area contributed by atoms with Gasteiger partial charge < -0.3 is 9.73 Å². The molecule has 17 heavy (non-hydrogen) atoms. The second-order valence-corrected chi connectivity index (χ2v) is 6.23. The van der Waals surface area contributed by atoms with E-state index in [1.54, 1.807) is 0 Å². The van der Waals surface area contributed by atoms with E-state index in [9.17, 15) is 0 Å². The van der Waals surface area contributed by atoms with E-state index in [1.807, 2.05) is 6.20 Å². The molecule has 1 rings (SSSR count). The van der Waals surface area contributed by atoms with Gasteiger partial charge >= 0.3 is 0 Å². The molecular formula is C14H26N2O. The molecule has 0 aliphatic rings. The van der Waals surface area contributed by atoms with Gasteiger partial charge in [-0.25, -0.2) is 4.98 Å². The lowest BCUT2D eigenvalue weighted by atomic mass is 9.80. The van der Waals surface area contributed by atoms with Crippen LogP contribution in [0.3, 0.4) is 0 Å². The molecular weight excluding hydrogens is 212 g/mol. The molecule has 1 atom stereocenters. The third-order valence-electron chi connectivity index (χ3n) is 3.25. The van der Waals surface area contributed by atoms with E-state index < -0.39 is 0 Å². The second-order valence-electron chi connectivity index (χ2n) is 6.23. The highest BCUT2D eigenvalue weighted by Gasteiger charge is 2.21. The fourth-order valence-electron chi connectivity index (χ4n) is 1.42. The lowest BCUT2D eigenvalue weighted by Gasteiger charge is -2.26. The van der Waals surface area contributed by atoms with Crippen molar-refractivity contribution in [1.29, 1.82) is 0 Å². The van der Waals surface area contributed by atoms with Crippen LogP contribution in [0, 0.1) is 11.3 Å². The SMILES string of the molecule is CC(C)NCc1ncc(CC(C)C(C)(C)C)o1. The van der Waals surface area contributed by atoms with Gasteiger partial charge in [-0.2, -0.15) is 0 Å². The van der Waals surface area contributed by atoms with Gasteiger partial charge in [-0.3, -0.25) is 0 Å². The molecule has 0 radical (unpaired) electrons. The van der Waals surface area contributed by atoms with Crippen molar-refractivity contribution in [2.75, 3.05) is 0 Å². The Hall–Kier alpha value is -0.830. The van der Waals surface area contributed by atoms with E-state index in [0.717, 1.165) is 18.1 Å². The molecule has 3 heteroatoms. The summed E-state index contributed by atoms with van der Waals surface area (Å²) in [6.45, 7) is 14.0. The van der Waals surface area contributed by atoms with Crippen molar-refractivity contribution in [3.8, 4) is 0 Å². The molecule has 0 spiro atoms. The van der Waals surface area contributed by atoms with Crippen LogP contribution in [0.5, 0.6) is 0 Å². The number of rotatable bonds is 5. The van der Waals surface area contributed by atoms with Gasteiger partial charge in [-0.1, -0.05) is 41.5 Å². The van der Waals surface area contributed by atoms with Gasteiger partial charge in [0.2, 0.25) is 5.89 Å². The molecule has 1 aromatic heterocycles. The van der Waals surface area contributed by atoms with Crippen LogP contribution >= 0.6 is 0 Å². The normalized spacial score (nSPS) is 14.3. The Kier molecular flexibility index (Phi) is 4.75. The van der Waals surface area contributed by atoms with Crippen molar-refractivity contribution in [2.45, 2.75) is 60.5 Å². The zero-order valence-corrected chi connectivity index (χ0v) is 12.0. The van der Waals surface area contributed by atoms with E-state index in [1.165, 1.54) is 0 Å². The largest absolute Gasteiger partial charge is 0.444 e. The molecule has 0 aliphatic carbocycles. The van der Waals surface area contributed by atoms with E-state index in [2.05, 4.69) is 51.8 Å². The average molecular weight is 238 g/mol. The minimum atomic E-state index is 0.309. The lowest BCUT2D eigenvalue weighted by molar-refractivity contribution is 0.245. The summed E-state index contributed by atoms with van der Waals surface area (Å²) < 4.78 is 5.73. The maximum atomic E-state index is 5.73. The first kappa shape index (κ1) is 14.2. The Labute approximate surface area is 105 Å². The summed E-state index contributed by atoms with van der Waals surface area (Å²) in [7, 11) is 0. The molecule has 0 aliphatic heterocycles. The number of aromatic nitrogens is 1. The second kappa shape index (κ2) is 5.67. The van der Waals surface area contributed by atoms with Crippen LogP contribution in [0.1, 0.15) is 53.2 Å². The molecule has 0 saturated heterocycles. The van der Waals surface area contributed by atoms with Crippen molar-refractivity contribution >= 4 is 0 Å². The number of hydrogen-bond donors (Lipinski definition) is 1. The highest BCUT2D eigenvalue weighted by Crippen LogP contribution is 2.28. The smallest absolute Gasteiger partial charge is 0.208 e. The minimum absolute atomic E-state index is 0.309. The predicted octanol–water partition coefficient (Wildman–Crippen LogP) is 3.40. The number of nitrogens with zero attached hydrogens (tertiary/aromatic N) is 1. The van der Waals surface area contributed by atoms with Crippen LogP contribution in [-0.4, -0.2) is 11.0 Å². The molecule has 3 nitrogen and oxygen atoms in total. The Morgan fingerprint density at radius 2 is 1.94 bits per heavy atom. The van der Waals surface area contributed by atoms with Crippen LogP contribution in [0.25, 0.3) is 0 Å². The zero-order valence-electron chi connectivity index (χ0n) is 12.0. The van der Waals surface area contributed by atoms with E-state index in [-0.39, 0.29) is 0 Å². The summed E-state index contributed by atoms with van der Waals surface area (Å²) in [5.41, 5.74) is 0.309. The highest BCUT2D eigenvalue weighted by molar-refractivity contribution is 4.96.